The summed E-state index contributed by atoms with van der Waals surface area (Å²) >= 11 is 0. The Bertz CT molecular complexity index is 1370. The summed E-state index contributed by atoms with van der Waals surface area (Å²) in [7, 11) is 0. The molecule has 174 valence electrons. The van der Waals surface area contributed by atoms with Gasteiger partial charge in [-0.2, -0.15) is 0 Å². The Labute approximate surface area is 198 Å². The predicted molar refractivity (Wildman–Crippen MR) is 130 cm³/mol. The number of hydrogen-bond acceptors (Lipinski definition) is 6. The fourth-order valence-electron chi connectivity index (χ4n) is 4.09. The van der Waals surface area contributed by atoms with E-state index in [-0.39, 0.29) is 6.09 Å². The summed E-state index contributed by atoms with van der Waals surface area (Å²) in [4.78, 5) is 28.3. The standard InChI is InChI=1S/C26H27N5O3/c1-17-15-18(9-11-27-17)22-23(31-12-5-10-28-24(31)29-22)19-7-8-21-20(16-19)30(13-6-14-33-21)25(32)34-26(2,3)4/h5,7-12,15-16H,6,13-14H2,1-4H3. The molecule has 0 N–H and O–H groups in total. The number of imidazole rings is 1. The van der Waals surface area contributed by atoms with Gasteiger partial charge in [-0.3, -0.25) is 14.3 Å². The second-order valence-electron chi connectivity index (χ2n) is 9.30. The van der Waals surface area contributed by atoms with Gasteiger partial charge in [-0.15, -0.1) is 0 Å². The Balaban J connectivity index is 1.68. The molecule has 34 heavy (non-hydrogen) atoms. The Kier molecular flexibility index (Phi) is 5.43. The lowest BCUT2D eigenvalue weighted by Gasteiger charge is -2.27. The average molecular weight is 458 g/mol. The molecule has 1 amide bonds. The molecule has 0 bridgehead atoms. The largest absolute Gasteiger partial charge is 0.491 e. The first-order valence-corrected chi connectivity index (χ1v) is 11.3. The number of benzene rings is 1. The number of anilines is 1. The van der Waals surface area contributed by atoms with Crippen LogP contribution in [0.3, 0.4) is 0 Å². The summed E-state index contributed by atoms with van der Waals surface area (Å²) < 4.78 is 13.6. The van der Waals surface area contributed by atoms with Crippen molar-refractivity contribution in [1.82, 2.24) is 19.4 Å². The summed E-state index contributed by atoms with van der Waals surface area (Å²) in [5.41, 5.74) is 4.50. The van der Waals surface area contributed by atoms with E-state index < -0.39 is 5.60 Å². The Morgan fingerprint density at radius 2 is 1.94 bits per heavy atom. The monoisotopic (exact) mass is 457 g/mol. The number of rotatable bonds is 2. The number of aromatic nitrogens is 4. The van der Waals surface area contributed by atoms with E-state index in [0.717, 1.165) is 28.2 Å². The van der Waals surface area contributed by atoms with Gasteiger partial charge in [0.05, 0.1) is 23.7 Å². The van der Waals surface area contributed by atoms with Gasteiger partial charge in [-0.05, 0) is 70.5 Å². The molecule has 0 aliphatic carbocycles. The maximum Gasteiger partial charge on any atom is 0.414 e. The zero-order valence-electron chi connectivity index (χ0n) is 19.8. The molecule has 0 saturated carbocycles. The third kappa shape index (κ3) is 4.19. The zero-order valence-corrected chi connectivity index (χ0v) is 19.8. The number of fused-ring (bicyclic) bond motifs is 2. The van der Waals surface area contributed by atoms with Crippen LogP contribution in [-0.2, 0) is 4.74 Å². The SMILES string of the molecule is Cc1cc(-c2nc3ncccn3c2-c2ccc3c(c2)N(C(=O)OC(C)(C)C)CCCO3)ccn1. The van der Waals surface area contributed by atoms with E-state index in [1.165, 1.54) is 0 Å². The third-order valence-corrected chi connectivity index (χ3v) is 5.49. The Morgan fingerprint density at radius 1 is 1.09 bits per heavy atom. The summed E-state index contributed by atoms with van der Waals surface area (Å²) in [5.74, 6) is 1.25. The molecule has 4 aromatic rings. The molecule has 1 aliphatic heterocycles. The highest BCUT2D eigenvalue weighted by Crippen LogP contribution is 2.39. The summed E-state index contributed by atoms with van der Waals surface area (Å²) in [6.07, 6.45) is 5.77. The molecular weight excluding hydrogens is 430 g/mol. The molecule has 0 saturated heterocycles. The molecule has 1 aliphatic rings. The topological polar surface area (TPSA) is 81.9 Å². The van der Waals surface area contributed by atoms with Crippen molar-refractivity contribution < 1.29 is 14.3 Å². The molecule has 3 aromatic heterocycles. The van der Waals surface area contributed by atoms with Gasteiger partial charge < -0.3 is 9.47 Å². The summed E-state index contributed by atoms with van der Waals surface area (Å²) in [6, 6.07) is 11.7. The number of pyridine rings is 1. The van der Waals surface area contributed by atoms with Crippen LogP contribution in [-0.4, -0.2) is 44.2 Å². The van der Waals surface area contributed by atoms with Crippen molar-refractivity contribution in [2.75, 3.05) is 18.1 Å². The molecule has 8 heteroatoms. The van der Waals surface area contributed by atoms with Gasteiger partial charge >= 0.3 is 6.09 Å². The highest BCUT2D eigenvalue weighted by atomic mass is 16.6. The van der Waals surface area contributed by atoms with E-state index >= 15 is 0 Å². The van der Waals surface area contributed by atoms with Crippen molar-refractivity contribution >= 4 is 17.6 Å². The van der Waals surface area contributed by atoms with Gasteiger partial charge in [0, 0.05) is 42.0 Å². The number of nitrogens with zero attached hydrogens (tertiary/aromatic N) is 5. The Morgan fingerprint density at radius 3 is 2.74 bits per heavy atom. The van der Waals surface area contributed by atoms with Crippen molar-refractivity contribution in [3.63, 3.8) is 0 Å². The van der Waals surface area contributed by atoms with Crippen LogP contribution >= 0.6 is 0 Å². The van der Waals surface area contributed by atoms with Crippen molar-refractivity contribution in [3.05, 3.63) is 60.7 Å². The van der Waals surface area contributed by atoms with Crippen molar-refractivity contribution in [2.45, 2.75) is 39.7 Å². The van der Waals surface area contributed by atoms with Gasteiger partial charge in [-0.25, -0.2) is 14.8 Å². The maximum atomic E-state index is 13.1. The lowest BCUT2D eigenvalue weighted by Crippen LogP contribution is -2.37. The third-order valence-electron chi connectivity index (χ3n) is 5.49. The molecule has 4 heterocycles. The fourth-order valence-corrected chi connectivity index (χ4v) is 4.09. The first kappa shape index (κ1) is 21.9. The number of amides is 1. The lowest BCUT2D eigenvalue weighted by molar-refractivity contribution is 0.0581. The van der Waals surface area contributed by atoms with Crippen LogP contribution in [0.1, 0.15) is 32.9 Å². The van der Waals surface area contributed by atoms with Crippen LogP contribution in [0.4, 0.5) is 10.5 Å². The van der Waals surface area contributed by atoms with Gasteiger partial charge in [0.15, 0.2) is 0 Å². The first-order chi connectivity index (χ1) is 16.3. The van der Waals surface area contributed by atoms with Crippen LogP contribution in [0, 0.1) is 6.92 Å². The average Bonchev–Trinajstić information content (AvgIpc) is 3.04. The van der Waals surface area contributed by atoms with E-state index in [1.54, 1.807) is 17.3 Å². The molecule has 1 aromatic carbocycles. The van der Waals surface area contributed by atoms with Gasteiger partial charge in [-0.1, -0.05) is 0 Å². The van der Waals surface area contributed by atoms with Crippen LogP contribution in [0.15, 0.2) is 55.0 Å². The summed E-state index contributed by atoms with van der Waals surface area (Å²) in [6.45, 7) is 8.60. The van der Waals surface area contributed by atoms with Crippen LogP contribution in [0.5, 0.6) is 5.75 Å². The first-order valence-electron chi connectivity index (χ1n) is 11.3. The Hall–Kier alpha value is -3.94. The lowest BCUT2D eigenvalue weighted by atomic mass is 10.0. The van der Waals surface area contributed by atoms with E-state index in [1.807, 2.05) is 74.7 Å². The van der Waals surface area contributed by atoms with Crippen molar-refractivity contribution in [1.29, 1.82) is 0 Å². The predicted octanol–water partition coefficient (Wildman–Crippen LogP) is 5.29. The number of ether oxygens (including phenoxy) is 2. The highest BCUT2D eigenvalue weighted by molar-refractivity contribution is 5.92. The fraction of sp³-hybridized carbons (Fsp3) is 0.308. The number of carbonyl (C=O) groups is 1. The quantitative estimate of drug-likeness (QED) is 0.407. The normalized spacial score (nSPS) is 13.8. The van der Waals surface area contributed by atoms with E-state index in [2.05, 4.69) is 9.97 Å². The van der Waals surface area contributed by atoms with Gasteiger partial charge in [0.2, 0.25) is 5.78 Å². The molecule has 0 atom stereocenters. The molecule has 0 spiro atoms. The minimum atomic E-state index is -0.596. The van der Waals surface area contributed by atoms with Crippen molar-refractivity contribution in [2.24, 2.45) is 0 Å². The minimum absolute atomic E-state index is 0.388. The smallest absolute Gasteiger partial charge is 0.414 e. The maximum absolute atomic E-state index is 13.1. The van der Waals surface area contributed by atoms with Crippen LogP contribution in [0.25, 0.3) is 28.3 Å². The molecule has 8 nitrogen and oxygen atoms in total. The zero-order chi connectivity index (χ0) is 23.9. The molecule has 0 fully saturated rings. The van der Waals surface area contributed by atoms with E-state index in [0.29, 0.717) is 36.8 Å². The van der Waals surface area contributed by atoms with Crippen molar-refractivity contribution in [3.8, 4) is 28.3 Å². The number of carbonyl (C=O) groups excluding carboxylic acids is 1. The van der Waals surface area contributed by atoms with E-state index in [4.69, 9.17) is 14.5 Å². The second kappa shape index (κ2) is 8.44. The van der Waals surface area contributed by atoms with Crippen LogP contribution in [0.2, 0.25) is 0 Å². The van der Waals surface area contributed by atoms with E-state index in [9.17, 15) is 4.79 Å². The van der Waals surface area contributed by atoms with Gasteiger partial charge in [0.1, 0.15) is 11.4 Å². The van der Waals surface area contributed by atoms with Crippen LogP contribution < -0.4 is 9.64 Å². The van der Waals surface area contributed by atoms with Gasteiger partial charge in [0.25, 0.3) is 0 Å². The number of aryl methyl sites for hydroxylation is 1. The minimum Gasteiger partial charge on any atom is -0.491 e. The highest BCUT2D eigenvalue weighted by Gasteiger charge is 2.28. The molecule has 0 radical (unpaired) electrons. The second-order valence-corrected chi connectivity index (χ2v) is 9.30. The molecular formula is C26H27N5O3. The molecule has 5 rings (SSSR count). The summed E-state index contributed by atoms with van der Waals surface area (Å²) in [5, 5.41) is 0. The molecule has 0 unspecified atom stereocenters. The number of hydrogen-bond donors (Lipinski definition) is 0.